The molecule has 1 saturated heterocycles. The normalized spacial score (nSPS) is 14.7. The lowest BCUT2D eigenvalue weighted by atomic mass is 9.86. The van der Waals surface area contributed by atoms with Crippen molar-refractivity contribution < 1.29 is 14.3 Å². The number of nitrogens with zero attached hydrogens (tertiary/aromatic N) is 3. The van der Waals surface area contributed by atoms with Crippen molar-refractivity contribution >= 4 is 44.2 Å². The highest BCUT2D eigenvalue weighted by molar-refractivity contribution is 7.22. The number of fused-ring (bicyclic) bond motifs is 1. The van der Waals surface area contributed by atoms with Gasteiger partial charge in [0.2, 0.25) is 0 Å². The highest BCUT2D eigenvalue weighted by atomic mass is 35.5. The third-order valence-corrected chi connectivity index (χ3v) is 6.90. The molecule has 0 atom stereocenters. The maximum absolute atomic E-state index is 12.8. The summed E-state index contributed by atoms with van der Waals surface area (Å²) >= 11 is 7.73. The van der Waals surface area contributed by atoms with Gasteiger partial charge in [0.05, 0.1) is 17.3 Å². The first-order chi connectivity index (χ1) is 15.2. The monoisotopic (exact) mass is 473 g/mol. The minimum atomic E-state index is -0.125. The number of carbonyl (C=O) groups is 1. The molecular weight excluding hydrogens is 446 g/mol. The molecule has 3 aromatic rings. The lowest BCUT2D eigenvalue weighted by molar-refractivity contribution is -0.133. The summed E-state index contributed by atoms with van der Waals surface area (Å²) in [6.45, 7) is 9.16. The van der Waals surface area contributed by atoms with Crippen LogP contribution in [0.15, 0.2) is 36.4 Å². The predicted octanol–water partition coefficient (Wildman–Crippen LogP) is 4.98. The van der Waals surface area contributed by atoms with Crippen molar-refractivity contribution in [1.29, 1.82) is 0 Å². The van der Waals surface area contributed by atoms with Crippen LogP contribution in [0.4, 0.5) is 5.13 Å². The minimum Gasteiger partial charge on any atom is -0.497 e. The van der Waals surface area contributed by atoms with Gasteiger partial charge in [0.25, 0.3) is 5.91 Å². The molecule has 2 aromatic carbocycles. The van der Waals surface area contributed by atoms with E-state index in [9.17, 15) is 4.79 Å². The highest BCUT2D eigenvalue weighted by Crippen LogP contribution is 2.34. The number of carbonyl (C=O) groups excluding carboxylic acids is 1. The smallest absolute Gasteiger partial charge is 0.260 e. The summed E-state index contributed by atoms with van der Waals surface area (Å²) < 4.78 is 12.4. The molecule has 4 rings (SSSR count). The summed E-state index contributed by atoms with van der Waals surface area (Å²) in [5, 5.41) is 1.69. The molecule has 1 aliphatic heterocycles. The molecule has 1 aromatic heterocycles. The quantitative estimate of drug-likeness (QED) is 0.523. The van der Waals surface area contributed by atoms with Gasteiger partial charge in [-0.05, 0) is 41.8 Å². The molecule has 1 fully saturated rings. The molecule has 0 spiro atoms. The number of methoxy groups -OCH3 is 1. The number of hydrogen-bond donors (Lipinski definition) is 0. The second kappa shape index (κ2) is 9.16. The average Bonchev–Trinajstić information content (AvgIpc) is 3.20. The Bertz CT molecular complexity index is 1120. The zero-order valence-electron chi connectivity index (χ0n) is 18.9. The molecule has 8 heteroatoms. The van der Waals surface area contributed by atoms with Crippen LogP contribution in [0.3, 0.4) is 0 Å². The first-order valence-electron chi connectivity index (χ1n) is 10.6. The largest absolute Gasteiger partial charge is 0.497 e. The number of thiazole rings is 1. The van der Waals surface area contributed by atoms with Crippen LogP contribution in [-0.2, 0) is 10.2 Å². The SMILES string of the molecule is COc1ccc(OCC(=O)N2CCN(c3nc4ccc(Cl)cc4s3)CC2)c(C(C)(C)C)c1. The minimum absolute atomic E-state index is 0.00333. The number of aromatic nitrogens is 1. The van der Waals surface area contributed by atoms with Crippen molar-refractivity contribution in [3.8, 4) is 11.5 Å². The van der Waals surface area contributed by atoms with Crippen LogP contribution >= 0.6 is 22.9 Å². The Morgan fingerprint density at radius 1 is 1.12 bits per heavy atom. The zero-order valence-corrected chi connectivity index (χ0v) is 20.4. The fourth-order valence-electron chi connectivity index (χ4n) is 3.75. The number of anilines is 1. The van der Waals surface area contributed by atoms with Gasteiger partial charge in [-0.25, -0.2) is 4.98 Å². The van der Waals surface area contributed by atoms with E-state index in [1.165, 1.54) is 0 Å². The van der Waals surface area contributed by atoms with Crippen LogP contribution < -0.4 is 14.4 Å². The van der Waals surface area contributed by atoms with Crippen LogP contribution in [0.25, 0.3) is 10.2 Å². The Kier molecular flexibility index (Phi) is 6.49. The predicted molar refractivity (Wildman–Crippen MR) is 131 cm³/mol. The summed E-state index contributed by atoms with van der Waals surface area (Å²) in [6, 6.07) is 11.5. The van der Waals surface area contributed by atoms with Crippen LogP contribution in [-0.4, -0.2) is 55.7 Å². The number of hydrogen-bond acceptors (Lipinski definition) is 6. The number of rotatable bonds is 5. The first-order valence-corrected chi connectivity index (χ1v) is 11.8. The number of piperazine rings is 1. The van der Waals surface area contributed by atoms with E-state index in [0.717, 1.165) is 50.5 Å². The van der Waals surface area contributed by atoms with Gasteiger partial charge < -0.3 is 19.3 Å². The van der Waals surface area contributed by atoms with Gasteiger partial charge in [-0.15, -0.1) is 0 Å². The van der Waals surface area contributed by atoms with Gasteiger partial charge in [0.15, 0.2) is 11.7 Å². The molecule has 0 radical (unpaired) electrons. The average molecular weight is 474 g/mol. The second-order valence-electron chi connectivity index (χ2n) is 8.88. The van der Waals surface area contributed by atoms with Crippen molar-refractivity contribution in [3.05, 3.63) is 47.0 Å². The summed E-state index contributed by atoms with van der Waals surface area (Å²) in [6.07, 6.45) is 0. The zero-order chi connectivity index (χ0) is 22.9. The number of amides is 1. The maximum Gasteiger partial charge on any atom is 0.260 e. The Balaban J connectivity index is 1.36. The molecule has 1 aliphatic rings. The highest BCUT2D eigenvalue weighted by Gasteiger charge is 2.25. The Morgan fingerprint density at radius 3 is 2.56 bits per heavy atom. The van der Waals surface area contributed by atoms with Gasteiger partial charge in [0, 0.05) is 36.8 Å². The third-order valence-electron chi connectivity index (χ3n) is 5.59. The molecule has 0 aliphatic carbocycles. The van der Waals surface area contributed by atoms with E-state index in [1.807, 2.05) is 41.3 Å². The van der Waals surface area contributed by atoms with E-state index >= 15 is 0 Å². The second-order valence-corrected chi connectivity index (χ2v) is 10.3. The summed E-state index contributed by atoms with van der Waals surface area (Å²) in [5.74, 6) is 1.50. The molecular formula is C24H28ClN3O3S. The van der Waals surface area contributed by atoms with Crippen molar-refractivity contribution in [2.45, 2.75) is 26.2 Å². The summed E-state index contributed by atoms with van der Waals surface area (Å²) in [5.41, 5.74) is 1.85. The Hall–Kier alpha value is -2.51. The molecule has 0 unspecified atom stereocenters. The van der Waals surface area contributed by atoms with E-state index in [-0.39, 0.29) is 17.9 Å². The van der Waals surface area contributed by atoms with Gasteiger partial charge in [-0.1, -0.05) is 43.7 Å². The molecule has 32 heavy (non-hydrogen) atoms. The topological polar surface area (TPSA) is 54.9 Å². The van der Waals surface area contributed by atoms with Crippen molar-refractivity contribution in [3.63, 3.8) is 0 Å². The fourth-order valence-corrected chi connectivity index (χ4v) is 5.04. The number of benzene rings is 2. The van der Waals surface area contributed by atoms with Crippen molar-refractivity contribution in [2.24, 2.45) is 0 Å². The number of halogens is 1. The fraction of sp³-hybridized carbons (Fsp3) is 0.417. The molecule has 170 valence electrons. The Labute approximate surface area is 197 Å². The molecule has 0 N–H and O–H groups in total. The van der Waals surface area contributed by atoms with Crippen LogP contribution in [0.1, 0.15) is 26.3 Å². The van der Waals surface area contributed by atoms with Gasteiger partial charge in [-0.3, -0.25) is 4.79 Å². The summed E-state index contributed by atoms with van der Waals surface area (Å²) in [4.78, 5) is 21.6. The number of ether oxygens (including phenoxy) is 2. The molecule has 1 amide bonds. The molecule has 0 saturated carbocycles. The van der Waals surface area contributed by atoms with Crippen molar-refractivity contribution in [1.82, 2.24) is 9.88 Å². The van der Waals surface area contributed by atoms with E-state index < -0.39 is 0 Å². The van der Waals surface area contributed by atoms with Crippen LogP contribution in [0.5, 0.6) is 11.5 Å². The maximum atomic E-state index is 12.8. The van der Waals surface area contributed by atoms with Crippen LogP contribution in [0, 0.1) is 0 Å². The lowest BCUT2D eigenvalue weighted by Gasteiger charge is -2.34. The molecule has 0 bridgehead atoms. The summed E-state index contributed by atoms with van der Waals surface area (Å²) in [7, 11) is 1.65. The van der Waals surface area contributed by atoms with Gasteiger partial charge >= 0.3 is 0 Å². The van der Waals surface area contributed by atoms with Gasteiger partial charge in [0.1, 0.15) is 11.5 Å². The molecule has 6 nitrogen and oxygen atoms in total. The van der Waals surface area contributed by atoms with Crippen LogP contribution in [0.2, 0.25) is 5.02 Å². The van der Waals surface area contributed by atoms with Gasteiger partial charge in [-0.2, -0.15) is 0 Å². The van der Waals surface area contributed by atoms with E-state index in [2.05, 4.69) is 25.7 Å². The molecule has 2 heterocycles. The third kappa shape index (κ3) is 4.94. The van der Waals surface area contributed by atoms with E-state index in [4.69, 9.17) is 26.1 Å². The Morgan fingerprint density at radius 2 is 1.88 bits per heavy atom. The van der Waals surface area contributed by atoms with Crippen molar-refractivity contribution in [2.75, 3.05) is 44.8 Å². The first kappa shape index (κ1) is 22.7. The van der Waals surface area contributed by atoms with E-state index in [1.54, 1.807) is 18.4 Å². The van der Waals surface area contributed by atoms with E-state index in [0.29, 0.717) is 13.1 Å². The lowest BCUT2D eigenvalue weighted by Crippen LogP contribution is -2.50. The standard InChI is InChI=1S/C24H28ClN3O3S/c1-24(2,3)18-14-17(30-4)6-8-20(18)31-15-22(29)27-9-11-28(12-10-27)23-26-19-7-5-16(25)13-21(19)32-23/h5-8,13-14H,9-12,15H2,1-4H3.